The molecule has 0 radical (unpaired) electrons. The standard InChI is InChI=1S/C17H20N2O2/c18-14-6-2-5-13-15(14)17(21)19(16(13)20)12-4-1-3-11(9-12)10-7-8-10/h2,5-6,10-12H,1,3-4,7-9,18H2. The molecule has 4 rings (SSSR count). The van der Waals surface area contributed by atoms with E-state index < -0.39 is 0 Å². The Balaban J connectivity index is 1.63. The average Bonchev–Trinajstić information content (AvgIpc) is 3.28. The summed E-state index contributed by atoms with van der Waals surface area (Å²) in [6.45, 7) is 0. The van der Waals surface area contributed by atoms with Gasteiger partial charge in [-0.2, -0.15) is 0 Å². The van der Waals surface area contributed by atoms with Crippen LogP contribution >= 0.6 is 0 Å². The summed E-state index contributed by atoms with van der Waals surface area (Å²) >= 11 is 0. The topological polar surface area (TPSA) is 63.4 Å². The van der Waals surface area contributed by atoms with Crippen molar-refractivity contribution in [3.63, 3.8) is 0 Å². The van der Waals surface area contributed by atoms with Gasteiger partial charge in [0.15, 0.2) is 0 Å². The van der Waals surface area contributed by atoms with Gasteiger partial charge < -0.3 is 5.73 Å². The van der Waals surface area contributed by atoms with Gasteiger partial charge in [-0.1, -0.05) is 18.9 Å². The molecule has 4 nitrogen and oxygen atoms in total. The molecule has 2 amide bonds. The Hall–Kier alpha value is -1.84. The number of nitrogens with zero attached hydrogens (tertiary/aromatic N) is 1. The molecule has 1 heterocycles. The van der Waals surface area contributed by atoms with Crippen molar-refractivity contribution in [2.75, 3.05) is 5.73 Å². The lowest BCUT2D eigenvalue weighted by molar-refractivity contribution is 0.0514. The van der Waals surface area contributed by atoms with Crippen LogP contribution in [0.3, 0.4) is 0 Å². The molecule has 2 atom stereocenters. The van der Waals surface area contributed by atoms with Crippen LogP contribution < -0.4 is 5.73 Å². The minimum absolute atomic E-state index is 0.0659. The molecule has 0 saturated heterocycles. The first-order chi connectivity index (χ1) is 10.2. The van der Waals surface area contributed by atoms with Gasteiger partial charge in [0.1, 0.15) is 0 Å². The largest absolute Gasteiger partial charge is 0.398 e. The molecular weight excluding hydrogens is 264 g/mol. The minimum Gasteiger partial charge on any atom is -0.398 e. The normalized spacial score (nSPS) is 28.9. The van der Waals surface area contributed by atoms with Crippen molar-refractivity contribution in [3.05, 3.63) is 29.3 Å². The summed E-state index contributed by atoms with van der Waals surface area (Å²) in [4.78, 5) is 26.7. The van der Waals surface area contributed by atoms with Crippen molar-refractivity contribution in [2.45, 2.75) is 44.6 Å². The van der Waals surface area contributed by atoms with Crippen LogP contribution in [0.1, 0.15) is 59.2 Å². The summed E-state index contributed by atoms with van der Waals surface area (Å²) in [6.07, 6.45) is 6.95. The number of anilines is 1. The number of carbonyl (C=O) groups excluding carboxylic acids is 2. The summed E-state index contributed by atoms with van der Waals surface area (Å²) < 4.78 is 0. The molecule has 0 bridgehead atoms. The van der Waals surface area contributed by atoms with Gasteiger partial charge in [0.05, 0.1) is 11.1 Å². The fourth-order valence-electron chi connectivity index (χ4n) is 4.09. The highest BCUT2D eigenvalue weighted by molar-refractivity contribution is 6.23. The molecule has 2 unspecified atom stereocenters. The number of hydrogen-bond donors (Lipinski definition) is 1. The second kappa shape index (κ2) is 4.58. The summed E-state index contributed by atoms with van der Waals surface area (Å²) in [7, 11) is 0. The number of imide groups is 1. The van der Waals surface area contributed by atoms with Crippen molar-refractivity contribution in [1.82, 2.24) is 4.90 Å². The summed E-state index contributed by atoms with van der Waals surface area (Å²) in [5.41, 5.74) is 7.21. The Morgan fingerprint density at radius 2 is 1.81 bits per heavy atom. The zero-order valence-electron chi connectivity index (χ0n) is 12.0. The number of nitrogens with two attached hydrogens (primary N) is 1. The van der Waals surface area contributed by atoms with E-state index in [1.54, 1.807) is 18.2 Å². The van der Waals surface area contributed by atoms with Crippen LogP contribution in [-0.4, -0.2) is 22.8 Å². The predicted octanol–water partition coefficient (Wildman–Crippen LogP) is 2.83. The molecular formula is C17H20N2O2. The van der Waals surface area contributed by atoms with Crippen molar-refractivity contribution >= 4 is 17.5 Å². The molecule has 2 fully saturated rings. The minimum atomic E-state index is -0.186. The number of nitrogen functional groups attached to an aromatic ring is 1. The monoisotopic (exact) mass is 284 g/mol. The van der Waals surface area contributed by atoms with E-state index >= 15 is 0 Å². The zero-order chi connectivity index (χ0) is 14.6. The van der Waals surface area contributed by atoms with Crippen LogP contribution in [0.5, 0.6) is 0 Å². The van der Waals surface area contributed by atoms with Crippen molar-refractivity contribution in [2.24, 2.45) is 11.8 Å². The number of benzene rings is 1. The molecule has 21 heavy (non-hydrogen) atoms. The summed E-state index contributed by atoms with van der Waals surface area (Å²) in [5, 5.41) is 0. The van der Waals surface area contributed by atoms with Crippen LogP contribution in [0.25, 0.3) is 0 Å². The third-order valence-electron chi connectivity index (χ3n) is 5.32. The third kappa shape index (κ3) is 1.96. The Morgan fingerprint density at radius 1 is 1.00 bits per heavy atom. The van der Waals surface area contributed by atoms with Crippen LogP contribution in [0, 0.1) is 11.8 Å². The van der Waals surface area contributed by atoms with E-state index in [-0.39, 0.29) is 17.9 Å². The average molecular weight is 284 g/mol. The van der Waals surface area contributed by atoms with Gasteiger partial charge in [0, 0.05) is 11.7 Å². The fourth-order valence-corrected chi connectivity index (χ4v) is 4.09. The maximum absolute atomic E-state index is 12.6. The molecule has 110 valence electrons. The maximum Gasteiger partial charge on any atom is 0.263 e. The van der Waals surface area contributed by atoms with Gasteiger partial charge in [0.25, 0.3) is 11.8 Å². The van der Waals surface area contributed by atoms with Crippen LogP contribution in [0.4, 0.5) is 5.69 Å². The van der Waals surface area contributed by atoms with Crippen molar-refractivity contribution < 1.29 is 9.59 Å². The number of rotatable bonds is 2. The first-order valence-electron chi connectivity index (χ1n) is 7.93. The van der Waals surface area contributed by atoms with Gasteiger partial charge in [-0.15, -0.1) is 0 Å². The summed E-state index contributed by atoms with van der Waals surface area (Å²) in [6, 6.07) is 5.22. The van der Waals surface area contributed by atoms with E-state index in [0.29, 0.717) is 22.7 Å². The molecule has 2 N–H and O–H groups in total. The first-order valence-corrected chi connectivity index (χ1v) is 7.93. The van der Waals surface area contributed by atoms with Gasteiger partial charge in [-0.05, 0) is 49.7 Å². The Labute approximate surface area is 124 Å². The lowest BCUT2D eigenvalue weighted by Gasteiger charge is -2.34. The lowest BCUT2D eigenvalue weighted by Crippen LogP contribution is -2.42. The summed E-state index contributed by atoms with van der Waals surface area (Å²) in [5.74, 6) is 1.21. The Morgan fingerprint density at radius 3 is 2.52 bits per heavy atom. The van der Waals surface area contributed by atoms with E-state index in [1.165, 1.54) is 24.2 Å². The van der Waals surface area contributed by atoms with Gasteiger partial charge >= 0.3 is 0 Å². The second-order valence-electron chi connectivity index (χ2n) is 6.67. The molecule has 1 aromatic rings. The van der Waals surface area contributed by atoms with E-state index in [0.717, 1.165) is 25.2 Å². The molecule has 1 aromatic carbocycles. The predicted molar refractivity (Wildman–Crippen MR) is 79.8 cm³/mol. The second-order valence-corrected chi connectivity index (χ2v) is 6.67. The Bertz CT molecular complexity index is 621. The van der Waals surface area contributed by atoms with E-state index in [2.05, 4.69) is 0 Å². The number of hydrogen-bond acceptors (Lipinski definition) is 3. The van der Waals surface area contributed by atoms with Crippen molar-refractivity contribution in [3.8, 4) is 0 Å². The number of amides is 2. The molecule has 2 saturated carbocycles. The number of fused-ring (bicyclic) bond motifs is 1. The fraction of sp³-hybridized carbons (Fsp3) is 0.529. The van der Waals surface area contributed by atoms with Crippen LogP contribution in [0.15, 0.2) is 18.2 Å². The van der Waals surface area contributed by atoms with E-state index in [1.807, 2.05) is 0 Å². The van der Waals surface area contributed by atoms with Gasteiger partial charge in [0.2, 0.25) is 0 Å². The lowest BCUT2D eigenvalue weighted by atomic mass is 9.82. The molecule has 1 aliphatic heterocycles. The van der Waals surface area contributed by atoms with Crippen LogP contribution in [0.2, 0.25) is 0 Å². The van der Waals surface area contributed by atoms with E-state index in [4.69, 9.17) is 5.73 Å². The highest BCUT2D eigenvalue weighted by Gasteiger charge is 2.44. The van der Waals surface area contributed by atoms with E-state index in [9.17, 15) is 9.59 Å². The molecule has 2 aliphatic carbocycles. The molecule has 0 aromatic heterocycles. The SMILES string of the molecule is Nc1cccc2c1C(=O)N(C1CCCC(C3CC3)C1)C2=O. The highest BCUT2D eigenvalue weighted by Crippen LogP contribution is 2.45. The molecule has 4 heteroatoms. The van der Waals surface area contributed by atoms with Gasteiger partial charge in [-0.25, -0.2) is 0 Å². The van der Waals surface area contributed by atoms with Crippen LogP contribution in [-0.2, 0) is 0 Å². The first kappa shape index (κ1) is 12.9. The third-order valence-corrected chi connectivity index (χ3v) is 5.32. The highest BCUT2D eigenvalue weighted by atomic mass is 16.2. The maximum atomic E-state index is 12.6. The number of carbonyl (C=O) groups is 2. The van der Waals surface area contributed by atoms with Gasteiger partial charge in [-0.3, -0.25) is 14.5 Å². The molecule has 0 spiro atoms. The zero-order valence-corrected chi connectivity index (χ0v) is 12.0. The van der Waals surface area contributed by atoms with Crippen molar-refractivity contribution in [1.29, 1.82) is 0 Å². The molecule has 3 aliphatic rings. The smallest absolute Gasteiger partial charge is 0.263 e. The quantitative estimate of drug-likeness (QED) is 0.671. The Kier molecular flexibility index (Phi) is 2.81.